The first kappa shape index (κ1) is 16.1. The molecule has 1 heterocycles. The summed E-state index contributed by atoms with van der Waals surface area (Å²) in [5, 5.41) is 0.319. The lowest BCUT2D eigenvalue weighted by Gasteiger charge is -2.11. The van der Waals surface area contributed by atoms with Crippen LogP contribution in [-0.2, 0) is 23.1 Å². The van der Waals surface area contributed by atoms with Gasteiger partial charge in [-0.05, 0) is 23.8 Å². The van der Waals surface area contributed by atoms with Crippen molar-refractivity contribution in [2.45, 2.75) is 18.0 Å². The summed E-state index contributed by atoms with van der Waals surface area (Å²) in [5.41, 5.74) is 6.52. The van der Waals surface area contributed by atoms with Crippen molar-refractivity contribution in [3.63, 3.8) is 0 Å². The second kappa shape index (κ2) is 6.67. The summed E-state index contributed by atoms with van der Waals surface area (Å²) < 4.78 is 27.0. The molecule has 1 aromatic carbocycles. The summed E-state index contributed by atoms with van der Waals surface area (Å²) in [7, 11) is -3.83. The van der Waals surface area contributed by atoms with Crippen molar-refractivity contribution in [1.29, 1.82) is 0 Å². The molecule has 0 aliphatic heterocycles. The number of halogens is 2. The van der Waals surface area contributed by atoms with Crippen molar-refractivity contribution in [2.24, 2.45) is 5.73 Å². The number of benzene rings is 1. The fraction of sp³-hybridized carbons (Fsp3) is 0.167. The lowest BCUT2D eigenvalue weighted by atomic mass is 10.2. The molecule has 0 amide bonds. The predicted octanol–water partition coefficient (Wildman–Crippen LogP) is 1.72. The Morgan fingerprint density at radius 1 is 1.29 bits per heavy atom. The van der Waals surface area contributed by atoms with E-state index in [9.17, 15) is 8.42 Å². The highest BCUT2D eigenvalue weighted by Crippen LogP contribution is 2.29. The zero-order valence-electron chi connectivity index (χ0n) is 10.8. The van der Waals surface area contributed by atoms with Crippen LogP contribution in [0.3, 0.4) is 0 Å². The molecule has 6 nitrogen and oxygen atoms in total. The van der Waals surface area contributed by atoms with Gasteiger partial charge in [-0.2, -0.15) is 0 Å². The quantitative estimate of drug-likeness (QED) is 0.858. The zero-order chi connectivity index (χ0) is 15.5. The molecule has 0 bridgehead atoms. The van der Waals surface area contributed by atoms with E-state index in [0.29, 0.717) is 11.3 Å². The maximum absolute atomic E-state index is 12.3. The third-order valence-corrected chi connectivity index (χ3v) is 4.88. The normalized spacial score (nSPS) is 11.6. The van der Waals surface area contributed by atoms with Gasteiger partial charge in [0.2, 0.25) is 10.0 Å². The molecule has 0 aliphatic rings. The number of nitrogens with zero attached hydrogens (tertiary/aromatic N) is 2. The highest BCUT2D eigenvalue weighted by atomic mass is 35.5. The standard InChI is InChI=1S/C12H12Cl2N4O2S/c13-9-3-8(5-15)12(14)11(4-9)21(19,20)18-6-10-1-2-16-7-17-10/h1-4,7,18H,5-6,15H2. The van der Waals surface area contributed by atoms with E-state index in [0.717, 1.165) is 0 Å². The predicted molar refractivity (Wildman–Crippen MR) is 80.4 cm³/mol. The van der Waals surface area contributed by atoms with Crippen molar-refractivity contribution in [3.05, 3.63) is 52.0 Å². The SMILES string of the molecule is NCc1cc(Cl)cc(S(=O)(=O)NCc2ccncn2)c1Cl. The minimum Gasteiger partial charge on any atom is -0.326 e. The van der Waals surface area contributed by atoms with Crippen LogP contribution in [0.4, 0.5) is 0 Å². The number of hydrogen-bond donors (Lipinski definition) is 2. The molecule has 0 saturated carbocycles. The highest BCUT2D eigenvalue weighted by molar-refractivity contribution is 7.89. The van der Waals surface area contributed by atoms with E-state index >= 15 is 0 Å². The summed E-state index contributed by atoms with van der Waals surface area (Å²) in [6.45, 7) is 0.111. The Hall–Kier alpha value is -1.25. The Morgan fingerprint density at radius 3 is 2.67 bits per heavy atom. The van der Waals surface area contributed by atoms with Crippen LogP contribution in [0.15, 0.2) is 35.6 Å². The van der Waals surface area contributed by atoms with Crippen LogP contribution < -0.4 is 10.5 Å². The molecule has 0 fully saturated rings. The lowest BCUT2D eigenvalue weighted by molar-refractivity contribution is 0.580. The molecule has 0 aliphatic carbocycles. The van der Waals surface area contributed by atoms with E-state index in [-0.39, 0.29) is 28.0 Å². The molecule has 0 unspecified atom stereocenters. The van der Waals surface area contributed by atoms with Crippen LogP contribution in [0.1, 0.15) is 11.3 Å². The Balaban J connectivity index is 2.30. The highest BCUT2D eigenvalue weighted by Gasteiger charge is 2.20. The molecule has 2 rings (SSSR count). The molecule has 0 saturated heterocycles. The van der Waals surface area contributed by atoms with Gasteiger partial charge in [-0.15, -0.1) is 0 Å². The van der Waals surface area contributed by atoms with Crippen LogP contribution in [-0.4, -0.2) is 18.4 Å². The van der Waals surface area contributed by atoms with Crippen molar-refractivity contribution >= 4 is 33.2 Å². The van der Waals surface area contributed by atoms with E-state index in [1.54, 1.807) is 6.07 Å². The molecule has 0 radical (unpaired) electrons. The fourth-order valence-electron chi connectivity index (χ4n) is 1.63. The number of sulfonamides is 1. The number of hydrogen-bond acceptors (Lipinski definition) is 5. The fourth-order valence-corrected chi connectivity index (χ4v) is 3.57. The summed E-state index contributed by atoms with van der Waals surface area (Å²) in [4.78, 5) is 7.58. The first-order valence-electron chi connectivity index (χ1n) is 5.86. The van der Waals surface area contributed by atoms with Gasteiger partial charge >= 0.3 is 0 Å². The van der Waals surface area contributed by atoms with Gasteiger partial charge in [0.15, 0.2) is 0 Å². The monoisotopic (exact) mass is 346 g/mol. The Labute approximate surface area is 132 Å². The Bertz CT molecular complexity index is 738. The van der Waals surface area contributed by atoms with Gasteiger partial charge in [-0.25, -0.2) is 23.1 Å². The van der Waals surface area contributed by atoms with E-state index in [4.69, 9.17) is 28.9 Å². The van der Waals surface area contributed by atoms with Crippen molar-refractivity contribution < 1.29 is 8.42 Å². The first-order chi connectivity index (χ1) is 9.94. The van der Waals surface area contributed by atoms with Gasteiger partial charge in [-0.1, -0.05) is 23.2 Å². The summed E-state index contributed by atoms with van der Waals surface area (Å²) >= 11 is 12.0. The van der Waals surface area contributed by atoms with Crippen LogP contribution in [0, 0.1) is 0 Å². The van der Waals surface area contributed by atoms with Gasteiger partial charge in [0, 0.05) is 17.8 Å². The smallest absolute Gasteiger partial charge is 0.242 e. The molecule has 2 aromatic rings. The molecule has 21 heavy (non-hydrogen) atoms. The van der Waals surface area contributed by atoms with Crippen LogP contribution in [0.5, 0.6) is 0 Å². The molecule has 9 heteroatoms. The van der Waals surface area contributed by atoms with E-state index in [1.165, 1.54) is 24.7 Å². The molecule has 0 spiro atoms. The van der Waals surface area contributed by atoms with Crippen LogP contribution in [0.25, 0.3) is 0 Å². The van der Waals surface area contributed by atoms with Gasteiger partial charge in [0.1, 0.15) is 11.2 Å². The van der Waals surface area contributed by atoms with Gasteiger partial charge in [0.25, 0.3) is 0 Å². The summed E-state index contributed by atoms with van der Waals surface area (Å²) in [6, 6.07) is 4.42. The van der Waals surface area contributed by atoms with Crippen molar-refractivity contribution in [2.75, 3.05) is 0 Å². The molecular formula is C12H12Cl2N4O2S. The minimum absolute atomic E-state index is 0.0195. The average molecular weight is 347 g/mol. The Morgan fingerprint density at radius 2 is 2.05 bits per heavy atom. The molecule has 1 aromatic heterocycles. The molecular weight excluding hydrogens is 335 g/mol. The first-order valence-corrected chi connectivity index (χ1v) is 8.10. The van der Waals surface area contributed by atoms with Gasteiger partial charge < -0.3 is 5.73 Å². The molecule has 0 atom stereocenters. The second-order valence-electron chi connectivity index (χ2n) is 4.11. The summed E-state index contributed by atoms with van der Waals surface area (Å²) in [6.07, 6.45) is 2.86. The topological polar surface area (TPSA) is 98.0 Å². The van der Waals surface area contributed by atoms with Gasteiger partial charge in [0.05, 0.1) is 17.3 Å². The number of aromatic nitrogens is 2. The maximum atomic E-state index is 12.3. The minimum atomic E-state index is -3.83. The number of rotatable bonds is 5. The molecule has 3 N–H and O–H groups in total. The van der Waals surface area contributed by atoms with Crippen LogP contribution >= 0.6 is 23.2 Å². The zero-order valence-corrected chi connectivity index (χ0v) is 13.1. The average Bonchev–Trinajstić information content (AvgIpc) is 2.48. The third-order valence-electron chi connectivity index (χ3n) is 2.68. The summed E-state index contributed by atoms with van der Waals surface area (Å²) in [5.74, 6) is 0. The number of nitrogens with two attached hydrogens (primary N) is 1. The third kappa shape index (κ3) is 3.90. The maximum Gasteiger partial charge on any atom is 0.242 e. The Kier molecular flexibility index (Phi) is 5.13. The molecule has 112 valence electrons. The largest absolute Gasteiger partial charge is 0.326 e. The van der Waals surface area contributed by atoms with Crippen molar-refractivity contribution in [3.8, 4) is 0 Å². The lowest BCUT2D eigenvalue weighted by Crippen LogP contribution is -2.24. The second-order valence-corrected chi connectivity index (χ2v) is 6.66. The van der Waals surface area contributed by atoms with E-state index in [1.807, 2.05) is 0 Å². The van der Waals surface area contributed by atoms with Crippen molar-refractivity contribution in [1.82, 2.24) is 14.7 Å². The van der Waals surface area contributed by atoms with E-state index in [2.05, 4.69) is 14.7 Å². The van der Waals surface area contributed by atoms with Crippen LogP contribution in [0.2, 0.25) is 10.0 Å². The number of nitrogens with one attached hydrogen (secondary N) is 1. The van der Waals surface area contributed by atoms with Gasteiger partial charge in [-0.3, -0.25) is 0 Å². The van der Waals surface area contributed by atoms with E-state index < -0.39 is 10.0 Å².